The van der Waals surface area contributed by atoms with E-state index in [1.54, 1.807) is 6.92 Å². The number of rotatable bonds is 14. The molecular weight excluding hydrogens is 440 g/mol. The van der Waals surface area contributed by atoms with E-state index in [0.29, 0.717) is 19.4 Å². The summed E-state index contributed by atoms with van der Waals surface area (Å²) in [6.45, 7) is 4.21. The van der Waals surface area contributed by atoms with E-state index in [9.17, 15) is 28.8 Å². The van der Waals surface area contributed by atoms with Crippen molar-refractivity contribution in [1.82, 2.24) is 21.3 Å². The van der Waals surface area contributed by atoms with E-state index in [2.05, 4.69) is 16.0 Å². The molecule has 0 spiro atoms. The quantitative estimate of drug-likeness (QED) is 0.158. The van der Waals surface area contributed by atoms with E-state index in [0.717, 1.165) is 6.42 Å². The standard InChI is InChI=1S/C20H32N4O9/c1-3-10(2)16(24-17(29)11-5-4-8-21-11)19(31)22-12(6-7-14(25)26)18(30)23-13(20(32)33)9-15(27)28/h10-13,16,21H,3-9H2,1-2H3,(H,22,31)(H,23,30)(H,24,29)(H,25,26)(H,27,28)(H,32,33). The molecule has 5 unspecified atom stereocenters. The number of carbonyl (C=O) groups excluding carboxylic acids is 3. The lowest BCUT2D eigenvalue weighted by Gasteiger charge is -2.27. The summed E-state index contributed by atoms with van der Waals surface area (Å²) < 4.78 is 0. The van der Waals surface area contributed by atoms with Crippen LogP contribution < -0.4 is 21.3 Å². The zero-order valence-corrected chi connectivity index (χ0v) is 18.6. The van der Waals surface area contributed by atoms with Gasteiger partial charge in [0.15, 0.2) is 0 Å². The Bertz CT molecular complexity index is 752. The number of aliphatic carboxylic acids is 3. The third-order valence-electron chi connectivity index (χ3n) is 5.44. The Morgan fingerprint density at radius 2 is 1.58 bits per heavy atom. The van der Waals surface area contributed by atoms with Gasteiger partial charge in [-0.2, -0.15) is 0 Å². The smallest absolute Gasteiger partial charge is 0.326 e. The van der Waals surface area contributed by atoms with E-state index >= 15 is 0 Å². The molecule has 0 aromatic carbocycles. The minimum absolute atomic E-state index is 0.322. The third-order valence-corrected chi connectivity index (χ3v) is 5.44. The van der Waals surface area contributed by atoms with Crippen LogP contribution >= 0.6 is 0 Å². The molecule has 7 N–H and O–H groups in total. The number of carboxylic acids is 3. The average Bonchev–Trinajstić information content (AvgIpc) is 3.28. The number of carboxylic acid groups (broad SMARTS) is 3. The maximum Gasteiger partial charge on any atom is 0.326 e. The van der Waals surface area contributed by atoms with Crippen molar-refractivity contribution in [3.05, 3.63) is 0 Å². The maximum absolute atomic E-state index is 13.0. The van der Waals surface area contributed by atoms with Gasteiger partial charge in [0.2, 0.25) is 17.7 Å². The van der Waals surface area contributed by atoms with Crippen molar-refractivity contribution < 1.29 is 44.1 Å². The first-order valence-electron chi connectivity index (χ1n) is 10.8. The fourth-order valence-corrected chi connectivity index (χ4v) is 3.31. The van der Waals surface area contributed by atoms with Crippen LogP contribution in [-0.2, 0) is 28.8 Å². The summed E-state index contributed by atoms with van der Waals surface area (Å²) in [5.74, 6) is -6.77. The van der Waals surface area contributed by atoms with Crippen LogP contribution in [-0.4, -0.2) is 81.7 Å². The van der Waals surface area contributed by atoms with Crippen molar-refractivity contribution in [2.75, 3.05) is 6.54 Å². The van der Waals surface area contributed by atoms with Crippen LogP contribution in [0.2, 0.25) is 0 Å². The van der Waals surface area contributed by atoms with Crippen LogP contribution in [0.15, 0.2) is 0 Å². The van der Waals surface area contributed by atoms with Crippen LogP contribution in [0.25, 0.3) is 0 Å². The van der Waals surface area contributed by atoms with Crippen LogP contribution in [0.3, 0.4) is 0 Å². The fourth-order valence-electron chi connectivity index (χ4n) is 3.31. The van der Waals surface area contributed by atoms with Crippen molar-refractivity contribution in [3.63, 3.8) is 0 Å². The lowest BCUT2D eigenvalue weighted by atomic mass is 9.97. The van der Waals surface area contributed by atoms with Gasteiger partial charge in [-0.25, -0.2) is 4.79 Å². The lowest BCUT2D eigenvalue weighted by molar-refractivity contribution is -0.147. The molecule has 0 aromatic heterocycles. The van der Waals surface area contributed by atoms with E-state index in [4.69, 9.17) is 15.3 Å². The summed E-state index contributed by atoms with van der Waals surface area (Å²) in [5.41, 5.74) is 0. The molecule has 5 atom stereocenters. The third kappa shape index (κ3) is 9.43. The van der Waals surface area contributed by atoms with Crippen molar-refractivity contribution in [1.29, 1.82) is 0 Å². The number of carbonyl (C=O) groups is 6. The molecule has 186 valence electrons. The summed E-state index contributed by atoms with van der Waals surface area (Å²) in [4.78, 5) is 71.2. The molecule has 1 fully saturated rings. The van der Waals surface area contributed by atoms with E-state index in [1.807, 2.05) is 12.2 Å². The van der Waals surface area contributed by atoms with Crippen LogP contribution in [0.4, 0.5) is 0 Å². The highest BCUT2D eigenvalue weighted by molar-refractivity contribution is 5.95. The summed E-state index contributed by atoms with van der Waals surface area (Å²) in [5, 5.41) is 37.0. The van der Waals surface area contributed by atoms with Crippen molar-refractivity contribution in [3.8, 4) is 0 Å². The van der Waals surface area contributed by atoms with Gasteiger partial charge in [0.05, 0.1) is 12.5 Å². The highest BCUT2D eigenvalue weighted by Crippen LogP contribution is 2.12. The Labute approximate surface area is 190 Å². The van der Waals surface area contributed by atoms with Gasteiger partial charge in [-0.15, -0.1) is 0 Å². The molecule has 33 heavy (non-hydrogen) atoms. The molecule has 0 bridgehead atoms. The minimum Gasteiger partial charge on any atom is -0.481 e. The molecule has 1 aliphatic heterocycles. The van der Waals surface area contributed by atoms with Gasteiger partial charge in [0.25, 0.3) is 0 Å². The van der Waals surface area contributed by atoms with Crippen LogP contribution in [0, 0.1) is 5.92 Å². The predicted octanol–water partition coefficient (Wildman–Crippen LogP) is -1.34. The van der Waals surface area contributed by atoms with Crippen LogP contribution in [0.1, 0.15) is 52.4 Å². The molecule has 1 aliphatic rings. The summed E-state index contributed by atoms with van der Waals surface area (Å²) in [6, 6.07) is -4.67. The Morgan fingerprint density at radius 3 is 2.06 bits per heavy atom. The lowest BCUT2D eigenvalue weighted by Crippen LogP contribution is -2.58. The average molecular weight is 472 g/mol. The maximum atomic E-state index is 13.0. The summed E-state index contributed by atoms with van der Waals surface area (Å²) in [7, 11) is 0. The van der Waals surface area contributed by atoms with Gasteiger partial charge in [-0.3, -0.25) is 24.0 Å². The van der Waals surface area contributed by atoms with Gasteiger partial charge in [-0.1, -0.05) is 20.3 Å². The Morgan fingerprint density at radius 1 is 0.939 bits per heavy atom. The molecule has 0 aliphatic carbocycles. The molecule has 0 saturated carbocycles. The van der Waals surface area contributed by atoms with Gasteiger partial charge >= 0.3 is 17.9 Å². The minimum atomic E-state index is -1.77. The second-order valence-corrected chi connectivity index (χ2v) is 8.01. The molecule has 1 rings (SSSR count). The molecule has 13 heteroatoms. The molecule has 13 nitrogen and oxygen atoms in total. The van der Waals surface area contributed by atoms with E-state index in [1.165, 1.54) is 0 Å². The first-order valence-corrected chi connectivity index (χ1v) is 10.8. The van der Waals surface area contributed by atoms with Crippen molar-refractivity contribution >= 4 is 35.6 Å². The van der Waals surface area contributed by atoms with Gasteiger partial charge in [-0.05, 0) is 31.7 Å². The largest absolute Gasteiger partial charge is 0.481 e. The van der Waals surface area contributed by atoms with Gasteiger partial charge in [0.1, 0.15) is 18.1 Å². The topological polar surface area (TPSA) is 211 Å². The summed E-state index contributed by atoms with van der Waals surface area (Å²) >= 11 is 0. The second-order valence-electron chi connectivity index (χ2n) is 8.01. The molecular formula is C20H32N4O9. The molecule has 3 amide bonds. The first-order chi connectivity index (χ1) is 15.5. The predicted molar refractivity (Wildman–Crippen MR) is 113 cm³/mol. The zero-order chi connectivity index (χ0) is 25.1. The fraction of sp³-hybridized carbons (Fsp3) is 0.700. The second kappa shape index (κ2) is 13.4. The number of hydrogen-bond donors (Lipinski definition) is 7. The number of nitrogens with one attached hydrogen (secondary N) is 4. The molecule has 0 aromatic rings. The van der Waals surface area contributed by atoms with Gasteiger partial charge < -0.3 is 36.6 Å². The normalized spacial score (nSPS) is 18.9. The monoisotopic (exact) mass is 472 g/mol. The van der Waals surface area contributed by atoms with Crippen molar-refractivity contribution in [2.24, 2.45) is 5.92 Å². The Balaban J connectivity index is 2.98. The highest BCUT2D eigenvalue weighted by Gasteiger charge is 2.34. The Kier molecular flexibility index (Phi) is 11.3. The number of amides is 3. The highest BCUT2D eigenvalue weighted by atomic mass is 16.4. The van der Waals surface area contributed by atoms with E-state index in [-0.39, 0.29) is 18.2 Å². The first kappa shape index (κ1) is 27.8. The Hall–Kier alpha value is -3.22. The SMILES string of the molecule is CCC(C)C(NC(=O)C1CCCN1)C(=O)NC(CCC(=O)O)C(=O)NC(CC(=O)O)C(=O)O. The number of hydrogen-bond acceptors (Lipinski definition) is 7. The molecule has 0 radical (unpaired) electrons. The molecule has 1 heterocycles. The van der Waals surface area contributed by atoms with Gasteiger partial charge in [0, 0.05) is 6.42 Å². The van der Waals surface area contributed by atoms with Crippen molar-refractivity contribution in [2.45, 2.75) is 76.5 Å². The molecule has 1 saturated heterocycles. The summed E-state index contributed by atoms with van der Waals surface area (Å²) in [6.07, 6.45) is 0.170. The van der Waals surface area contributed by atoms with Crippen LogP contribution in [0.5, 0.6) is 0 Å². The zero-order valence-electron chi connectivity index (χ0n) is 18.6. The van der Waals surface area contributed by atoms with E-state index < -0.39 is 66.7 Å².